The van der Waals surface area contributed by atoms with Crippen LogP contribution in [0.25, 0.3) is 0 Å². The molecule has 0 amide bonds. The van der Waals surface area contributed by atoms with Gasteiger partial charge in [0.1, 0.15) is 6.61 Å². The van der Waals surface area contributed by atoms with Crippen molar-refractivity contribution in [3.05, 3.63) is 11.6 Å². The molecule has 142 valence electrons. The third-order valence-electron chi connectivity index (χ3n) is 9.09. The molecule has 5 aliphatic rings. The first-order valence-corrected chi connectivity index (χ1v) is 10.5. The van der Waals surface area contributed by atoms with Crippen molar-refractivity contribution in [2.24, 2.45) is 40.4 Å². The van der Waals surface area contributed by atoms with Gasteiger partial charge in [0.05, 0.1) is 13.2 Å². The lowest BCUT2D eigenvalue weighted by Gasteiger charge is -2.60. The summed E-state index contributed by atoms with van der Waals surface area (Å²) in [5, 5.41) is 9.42. The Bertz CT molecular complexity index is 682. The van der Waals surface area contributed by atoms with E-state index in [-0.39, 0.29) is 40.8 Å². The Kier molecular flexibility index (Phi) is 3.78. The lowest BCUT2D eigenvalue weighted by molar-refractivity contribution is -0.148. The largest absolute Gasteiger partial charge is 0.389 e. The fraction of sp³-hybridized carbons (Fsp3) is 0.818. The number of hydrogen-bond donors (Lipinski definition) is 1. The van der Waals surface area contributed by atoms with E-state index < -0.39 is 0 Å². The summed E-state index contributed by atoms with van der Waals surface area (Å²) in [7, 11) is 0. The van der Waals surface area contributed by atoms with E-state index in [1.54, 1.807) is 0 Å². The second-order valence-electron chi connectivity index (χ2n) is 9.86. The molecular weight excluding hydrogens is 328 g/mol. The summed E-state index contributed by atoms with van der Waals surface area (Å²) in [5.41, 5.74) is 1.50. The maximum absolute atomic E-state index is 12.4. The number of fused-ring (bicyclic) bond motifs is 4. The van der Waals surface area contributed by atoms with Gasteiger partial charge in [-0.05, 0) is 74.2 Å². The van der Waals surface area contributed by atoms with Crippen LogP contribution in [0.3, 0.4) is 0 Å². The highest BCUT2D eigenvalue weighted by atomic mass is 16.5. The molecule has 4 fully saturated rings. The van der Waals surface area contributed by atoms with Gasteiger partial charge in [-0.3, -0.25) is 9.59 Å². The Hall–Kier alpha value is -1.00. The highest BCUT2D eigenvalue weighted by molar-refractivity contribution is 5.94. The molecular formula is C22H30O4. The van der Waals surface area contributed by atoms with Crippen molar-refractivity contribution < 1.29 is 19.4 Å². The maximum Gasteiger partial charge on any atom is 0.161 e. The third kappa shape index (κ3) is 2.09. The molecule has 1 saturated heterocycles. The van der Waals surface area contributed by atoms with E-state index in [1.807, 2.05) is 6.08 Å². The molecule has 1 heterocycles. The Balaban J connectivity index is 1.49. The summed E-state index contributed by atoms with van der Waals surface area (Å²) >= 11 is 0. The van der Waals surface area contributed by atoms with Gasteiger partial charge in [-0.1, -0.05) is 12.5 Å². The van der Waals surface area contributed by atoms with E-state index in [4.69, 9.17) is 4.74 Å². The number of hydrogen-bond acceptors (Lipinski definition) is 4. The zero-order chi connectivity index (χ0) is 18.1. The molecule has 0 aromatic rings. The first-order chi connectivity index (χ1) is 12.5. The SMILES string of the molecule is CC12CCC3C(CCC4=CC(=O)C5COCC43C5)C1CCC2C(=O)CO. The van der Waals surface area contributed by atoms with Crippen LogP contribution in [0.1, 0.15) is 51.9 Å². The number of carbonyl (C=O) groups is 2. The molecule has 3 saturated carbocycles. The summed E-state index contributed by atoms with van der Waals surface area (Å²) < 4.78 is 5.98. The number of ketones is 2. The lowest BCUT2D eigenvalue weighted by Crippen LogP contribution is -2.57. The predicted molar refractivity (Wildman–Crippen MR) is 96.3 cm³/mol. The van der Waals surface area contributed by atoms with Crippen LogP contribution in [0.2, 0.25) is 0 Å². The average molecular weight is 358 g/mol. The maximum atomic E-state index is 12.4. The summed E-state index contributed by atoms with van der Waals surface area (Å²) in [6, 6.07) is 0. The number of aliphatic hydroxyl groups excluding tert-OH is 1. The molecule has 0 radical (unpaired) electrons. The van der Waals surface area contributed by atoms with Crippen molar-refractivity contribution in [3.8, 4) is 0 Å². The monoisotopic (exact) mass is 358 g/mol. The van der Waals surface area contributed by atoms with Gasteiger partial charge >= 0.3 is 0 Å². The van der Waals surface area contributed by atoms with Crippen LogP contribution >= 0.6 is 0 Å². The van der Waals surface area contributed by atoms with Gasteiger partial charge in [-0.2, -0.15) is 0 Å². The Labute approximate surface area is 155 Å². The van der Waals surface area contributed by atoms with E-state index in [0.717, 1.165) is 51.6 Å². The summed E-state index contributed by atoms with van der Waals surface area (Å²) in [6.07, 6.45) is 9.40. The van der Waals surface area contributed by atoms with Crippen molar-refractivity contribution >= 4 is 11.6 Å². The molecule has 26 heavy (non-hydrogen) atoms. The molecule has 0 aromatic heterocycles. The van der Waals surface area contributed by atoms with Crippen molar-refractivity contribution in [3.63, 3.8) is 0 Å². The summed E-state index contributed by atoms with van der Waals surface area (Å²) in [6.45, 7) is 3.38. The molecule has 4 aliphatic carbocycles. The Morgan fingerprint density at radius 2 is 2.12 bits per heavy atom. The number of carbonyl (C=O) groups excluding carboxylic acids is 2. The van der Waals surface area contributed by atoms with Crippen molar-refractivity contribution in [2.45, 2.75) is 51.9 Å². The smallest absolute Gasteiger partial charge is 0.161 e. The molecule has 1 N–H and O–H groups in total. The Morgan fingerprint density at radius 3 is 2.92 bits per heavy atom. The average Bonchev–Trinajstić information content (AvgIpc) is 3.00. The molecule has 7 unspecified atom stereocenters. The minimum atomic E-state index is -0.310. The highest BCUT2D eigenvalue weighted by Gasteiger charge is 2.62. The number of aliphatic hydroxyl groups is 1. The lowest BCUT2D eigenvalue weighted by atomic mass is 9.45. The molecule has 4 nitrogen and oxygen atoms in total. The zero-order valence-electron chi connectivity index (χ0n) is 15.7. The predicted octanol–water partition coefficient (Wildman–Crippen LogP) is 2.93. The number of Topliss-reactive ketones (excluding diaryl/α,β-unsaturated/α-hetero) is 1. The second kappa shape index (κ2) is 5.75. The molecule has 1 aliphatic heterocycles. The van der Waals surface area contributed by atoms with Crippen molar-refractivity contribution in [2.75, 3.05) is 19.8 Å². The normalized spacial score (nSPS) is 49.7. The van der Waals surface area contributed by atoms with Crippen molar-refractivity contribution in [1.29, 1.82) is 0 Å². The zero-order valence-corrected chi connectivity index (χ0v) is 15.7. The van der Waals surface area contributed by atoms with Crippen LogP contribution < -0.4 is 0 Å². The number of ether oxygens (including phenoxy) is 1. The van der Waals surface area contributed by atoms with Crippen LogP contribution in [-0.2, 0) is 14.3 Å². The molecule has 0 aromatic carbocycles. The van der Waals surface area contributed by atoms with Gasteiger partial charge in [0, 0.05) is 17.3 Å². The van der Waals surface area contributed by atoms with Gasteiger partial charge < -0.3 is 9.84 Å². The minimum absolute atomic E-state index is 0.0381. The Morgan fingerprint density at radius 1 is 1.27 bits per heavy atom. The van der Waals surface area contributed by atoms with E-state index in [0.29, 0.717) is 24.4 Å². The van der Waals surface area contributed by atoms with Crippen LogP contribution in [0.4, 0.5) is 0 Å². The van der Waals surface area contributed by atoms with Crippen LogP contribution in [-0.4, -0.2) is 36.5 Å². The fourth-order valence-corrected chi connectivity index (χ4v) is 7.94. The standard InChI is InChI=1S/C22H30O4/c1-21-7-6-17-15(16(21)4-5-18(21)20(25)10-23)3-2-14-8-19(24)13-9-22(14,17)12-26-11-13/h8,13,15-18,23H,2-7,9-12H2,1H3. The van der Waals surface area contributed by atoms with E-state index in [1.165, 1.54) is 5.57 Å². The topological polar surface area (TPSA) is 63.6 Å². The molecule has 1 spiro atoms. The molecule has 5 rings (SSSR count). The van der Waals surface area contributed by atoms with Gasteiger partial charge in [-0.25, -0.2) is 0 Å². The first kappa shape index (κ1) is 17.1. The minimum Gasteiger partial charge on any atom is -0.389 e. The van der Waals surface area contributed by atoms with Crippen LogP contribution in [0.15, 0.2) is 11.6 Å². The highest BCUT2D eigenvalue weighted by Crippen LogP contribution is 2.67. The van der Waals surface area contributed by atoms with E-state index in [9.17, 15) is 14.7 Å². The fourth-order valence-electron chi connectivity index (χ4n) is 7.94. The third-order valence-corrected chi connectivity index (χ3v) is 9.09. The van der Waals surface area contributed by atoms with Gasteiger partial charge in [0.15, 0.2) is 11.6 Å². The van der Waals surface area contributed by atoms with Crippen LogP contribution in [0, 0.1) is 40.4 Å². The first-order valence-electron chi connectivity index (χ1n) is 10.5. The van der Waals surface area contributed by atoms with Crippen molar-refractivity contribution in [1.82, 2.24) is 0 Å². The summed E-state index contributed by atoms with van der Waals surface area (Å²) in [4.78, 5) is 24.7. The van der Waals surface area contributed by atoms with E-state index in [2.05, 4.69) is 6.92 Å². The summed E-state index contributed by atoms with van der Waals surface area (Å²) in [5.74, 6) is 2.24. The molecule has 2 bridgehead atoms. The number of rotatable bonds is 2. The molecule has 7 atom stereocenters. The molecule has 4 heteroatoms. The van der Waals surface area contributed by atoms with Gasteiger partial charge in [0.2, 0.25) is 0 Å². The van der Waals surface area contributed by atoms with E-state index >= 15 is 0 Å². The second-order valence-corrected chi connectivity index (χ2v) is 9.86. The van der Waals surface area contributed by atoms with Gasteiger partial charge in [-0.15, -0.1) is 0 Å². The van der Waals surface area contributed by atoms with Gasteiger partial charge in [0.25, 0.3) is 0 Å². The quantitative estimate of drug-likeness (QED) is 0.824. The van der Waals surface area contributed by atoms with Crippen LogP contribution in [0.5, 0.6) is 0 Å².